The van der Waals surface area contributed by atoms with E-state index >= 15 is 19.2 Å². The Kier molecular flexibility index (Phi) is 40.0. The van der Waals surface area contributed by atoms with Gasteiger partial charge in [-0.05, 0) is 176 Å². The molecule has 3 aromatic rings. The number of hydrogen-bond acceptors (Lipinski definition) is 22. The molecule has 0 aromatic heterocycles. The van der Waals surface area contributed by atoms with E-state index in [-0.39, 0.29) is 52.0 Å². The quantitative estimate of drug-likeness (QED) is 0.0161. The van der Waals surface area contributed by atoms with Gasteiger partial charge in [0.05, 0.1) is 43.7 Å². The van der Waals surface area contributed by atoms with Crippen LogP contribution in [0, 0.1) is 5.92 Å². The van der Waals surface area contributed by atoms with E-state index in [1.807, 2.05) is 55.4 Å². The van der Waals surface area contributed by atoms with Crippen molar-refractivity contribution >= 4 is 98.6 Å². The number of rotatable bonds is 38. The molecular weight excluding hydrogens is 1500 g/mol. The van der Waals surface area contributed by atoms with Gasteiger partial charge in [-0.25, -0.2) is 9.59 Å². The Hall–Kier alpha value is -7.88. The third-order valence-corrected chi connectivity index (χ3v) is 19.4. The van der Waals surface area contributed by atoms with Gasteiger partial charge in [0, 0.05) is 37.3 Å². The minimum absolute atomic E-state index is 0.00392. The molecule has 29 nitrogen and oxygen atoms in total. The van der Waals surface area contributed by atoms with Crippen molar-refractivity contribution in [1.82, 2.24) is 53.2 Å². The molecule has 2 unspecified atom stereocenters. The van der Waals surface area contributed by atoms with Crippen LogP contribution >= 0.6 is 33.3 Å². The van der Waals surface area contributed by atoms with Crippen LogP contribution in [-0.2, 0) is 95.6 Å². The minimum Gasteiger partial charge on any atom is -0.488 e. The van der Waals surface area contributed by atoms with Gasteiger partial charge in [-0.1, -0.05) is 103 Å². The van der Waals surface area contributed by atoms with E-state index in [1.165, 1.54) is 29.5 Å². The van der Waals surface area contributed by atoms with E-state index < -0.39 is 179 Å². The summed E-state index contributed by atoms with van der Waals surface area (Å²) in [7, 11) is 2.97. The smallest absolute Gasteiger partial charge is 0.408 e. The normalized spacial score (nSPS) is 18.7. The van der Waals surface area contributed by atoms with E-state index in [4.69, 9.17) is 37.9 Å². The first kappa shape index (κ1) is 96.5. The van der Waals surface area contributed by atoms with Gasteiger partial charge >= 0.3 is 12.1 Å². The van der Waals surface area contributed by atoms with Gasteiger partial charge in [-0.2, -0.15) is 11.8 Å². The second kappa shape index (κ2) is 46.5. The lowest BCUT2D eigenvalue weighted by Gasteiger charge is -2.33. The summed E-state index contributed by atoms with van der Waals surface area (Å²) in [5, 5.41) is 27.5. The molecule has 0 radical (unpaired) electrons. The van der Waals surface area contributed by atoms with Crippen molar-refractivity contribution in [2.75, 3.05) is 69.7 Å². The molecule has 10 amide bonds. The highest BCUT2D eigenvalue weighted by atomic mass is 33.1. The van der Waals surface area contributed by atoms with Crippen LogP contribution in [0.5, 0.6) is 11.5 Å². The molecular formula is C80H124N10O19S3. The molecule has 4 rings (SSSR count). The zero-order chi connectivity index (χ0) is 83.7. The second-order valence-electron chi connectivity index (χ2n) is 32.2. The molecule has 626 valence electrons. The van der Waals surface area contributed by atoms with Gasteiger partial charge in [0.15, 0.2) is 0 Å². The van der Waals surface area contributed by atoms with E-state index in [1.54, 1.807) is 165 Å². The van der Waals surface area contributed by atoms with Gasteiger partial charge in [-0.3, -0.25) is 43.2 Å². The average Bonchev–Trinajstić information content (AvgIpc) is 0.835. The SMILES string of the molecule is CCSSC[C@H](NC(=O)OC(C)(C)C)C(=O)NCCOCCOCC(=O)N[C@@H](Cc1ccc(OC(C)(C)C)cc1)C(=O)N[C@@H](COC(C)(C)C)C(=O)N[C@H](C(=O)N[C@H]1COC(=O)[C@H](CCSC)NC(=O)[C@H](C(C)CC)NC(=O)[C@H](Cc2ccccc2)NC(=O)[C@H](Cc2ccc(OC(C)(C)C)cc2)NC1=O)C(C)OC(C)(C)C. The molecule has 0 bridgehead atoms. The van der Waals surface area contributed by atoms with Gasteiger partial charge < -0.3 is 91.1 Å². The maximum atomic E-state index is 15.4. The largest absolute Gasteiger partial charge is 0.488 e. The highest BCUT2D eigenvalue weighted by Crippen LogP contribution is 2.25. The van der Waals surface area contributed by atoms with Crippen LogP contribution in [0.25, 0.3) is 0 Å². The first-order valence-corrected chi connectivity index (χ1v) is 41.9. The highest BCUT2D eigenvalue weighted by molar-refractivity contribution is 8.76. The summed E-state index contributed by atoms with van der Waals surface area (Å²) in [6.45, 7) is 32.0. The third kappa shape index (κ3) is 38.3. The molecule has 1 heterocycles. The van der Waals surface area contributed by atoms with Gasteiger partial charge in [-0.15, -0.1) is 0 Å². The number of alkyl carbamates (subject to hydrolysis) is 1. The molecule has 32 heteroatoms. The topological polar surface area (TPSA) is 382 Å². The fraction of sp³-hybridized carbons (Fsp3) is 0.637. The lowest BCUT2D eigenvalue weighted by Crippen LogP contribution is -2.64. The number of ether oxygens (including phenoxy) is 8. The molecule has 1 aliphatic heterocycles. The van der Waals surface area contributed by atoms with Gasteiger partial charge in [0.2, 0.25) is 53.2 Å². The van der Waals surface area contributed by atoms with Gasteiger partial charge in [0.1, 0.15) is 95.9 Å². The molecule has 1 aliphatic rings. The molecule has 10 N–H and O–H groups in total. The zero-order valence-corrected chi connectivity index (χ0v) is 71.4. The summed E-state index contributed by atoms with van der Waals surface area (Å²) in [5.41, 5.74) is -2.03. The Morgan fingerprint density at radius 2 is 1.11 bits per heavy atom. The maximum absolute atomic E-state index is 15.4. The van der Waals surface area contributed by atoms with Crippen molar-refractivity contribution in [3.63, 3.8) is 0 Å². The third-order valence-electron chi connectivity index (χ3n) is 16.3. The number of thioether (sulfide) groups is 1. The molecule has 11 atom stereocenters. The lowest BCUT2D eigenvalue weighted by molar-refractivity contribution is -0.151. The zero-order valence-electron chi connectivity index (χ0n) is 68.9. The van der Waals surface area contributed by atoms with E-state index in [0.29, 0.717) is 46.1 Å². The summed E-state index contributed by atoms with van der Waals surface area (Å²) in [4.78, 5) is 159. The van der Waals surface area contributed by atoms with Crippen molar-refractivity contribution in [1.29, 1.82) is 0 Å². The number of amides is 10. The Bertz CT molecular complexity index is 3510. The number of carbonyl (C=O) groups excluding carboxylic acids is 11. The summed E-state index contributed by atoms with van der Waals surface area (Å²) < 4.78 is 47.2. The summed E-state index contributed by atoms with van der Waals surface area (Å²) >= 11 is 1.38. The molecule has 0 saturated carbocycles. The van der Waals surface area contributed by atoms with Crippen LogP contribution in [-0.4, -0.2) is 223 Å². The van der Waals surface area contributed by atoms with Crippen LogP contribution in [0.15, 0.2) is 78.9 Å². The molecule has 3 aromatic carbocycles. The number of benzene rings is 3. The van der Waals surface area contributed by atoms with Crippen molar-refractivity contribution in [2.45, 2.75) is 252 Å². The molecule has 1 saturated heterocycles. The van der Waals surface area contributed by atoms with Crippen LogP contribution < -0.4 is 62.6 Å². The minimum atomic E-state index is -1.86. The standard InChI is InChI=1S/C80H124N10O19S3/c1-21-49(3)64-72(98)83-56(36-41-110-20)74(100)104-45-60(70(96)85-58(44-53-30-34-55(35-31-53)108-79(14,15)16)68(94)84-59(69(95)89-64)42-51-26-24-23-25-27-51)87-73(99)65(50(4)106-77(8,9)10)90-71(97)61(46-105-76(5,6)7)86-67(93)57(43-52-28-32-54(33-29-52)107-78(11,12)13)82-63(91)47-103-40-39-102-38-37-81-66(92)62(48-112-111-22-2)88-75(101)109-80(17,18)19/h23-35,49-50,56-62,64-65H,21-22,36-48H2,1-20H3,(H,81,92)(H,82,91)(H,83,98)(H,84,94)(H,85,96)(H,86,93)(H,87,99)(H,88,101)(H,89,95)(H,90,97)/t49?,50?,56-,57-,58-,59-,60-,61-,62-,64-,65-/m0/s1. The number of esters is 1. The van der Waals surface area contributed by atoms with Crippen LogP contribution in [0.3, 0.4) is 0 Å². The number of carbonyl (C=O) groups is 11. The van der Waals surface area contributed by atoms with E-state index in [9.17, 15) is 33.6 Å². The van der Waals surface area contributed by atoms with E-state index in [2.05, 4.69) is 53.2 Å². The summed E-state index contributed by atoms with van der Waals surface area (Å²) in [5.74, 6) is -6.38. The van der Waals surface area contributed by atoms with Gasteiger partial charge in [0.25, 0.3) is 0 Å². The summed E-state index contributed by atoms with van der Waals surface area (Å²) in [6, 6.07) is 9.69. The number of nitrogens with one attached hydrogen (secondary N) is 10. The lowest BCUT2D eigenvalue weighted by atomic mass is 9.96. The van der Waals surface area contributed by atoms with Crippen LogP contribution in [0.2, 0.25) is 0 Å². The molecule has 112 heavy (non-hydrogen) atoms. The average molecular weight is 1630 g/mol. The fourth-order valence-electron chi connectivity index (χ4n) is 10.9. The second-order valence-corrected chi connectivity index (χ2v) is 36.0. The molecule has 1 fully saturated rings. The maximum Gasteiger partial charge on any atom is 0.408 e. The van der Waals surface area contributed by atoms with Crippen molar-refractivity contribution in [2.24, 2.45) is 5.92 Å². The Labute approximate surface area is 673 Å². The predicted molar refractivity (Wildman–Crippen MR) is 434 cm³/mol. The first-order chi connectivity index (χ1) is 52.3. The first-order valence-electron chi connectivity index (χ1n) is 38.0. The van der Waals surface area contributed by atoms with Crippen molar-refractivity contribution in [3.05, 3.63) is 95.6 Å². The molecule has 0 spiro atoms. The van der Waals surface area contributed by atoms with Crippen molar-refractivity contribution in [3.8, 4) is 11.5 Å². The number of cyclic esters (lactones) is 1. The van der Waals surface area contributed by atoms with Crippen molar-refractivity contribution < 1.29 is 90.6 Å². The van der Waals surface area contributed by atoms with Crippen LogP contribution in [0.1, 0.15) is 161 Å². The van der Waals surface area contributed by atoms with E-state index in [0.717, 1.165) is 5.75 Å². The van der Waals surface area contributed by atoms with Crippen LogP contribution in [0.4, 0.5) is 4.79 Å². The molecule has 0 aliphatic carbocycles. The monoisotopic (exact) mass is 1620 g/mol. The Morgan fingerprint density at radius 3 is 1.66 bits per heavy atom. The summed E-state index contributed by atoms with van der Waals surface area (Å²) in [6.07, 6.45) is -0.0754. The number of hydrogen-bond donors (Lipinski definition) is 10. The Morgan fingerprint density at radius 1 is 0.554 bits per heavy atom. The fourth-order valence-corrected chi connectivity index (χ4v) is 13.2. The Balaban J connectivity index is 1.74. The predicted octanol–water partition coefficient (Wildman–Crippen LogP) is 6.77. The highest BCUT2D eigenvalue weighted by Gasteiger charge is 2.40.